The lowest BCUT2D eigenvalue weighted by atomic mass is 10.2. The van der Waals surface area contributed by atoms with E-state index in [1.165, 1.54) is 0 Å². The lowest BCUT2D eigenvalue weighted by Crippen LogP contribution is -2.39. The standard InChI is InChI=1S/C14H19NO3S/c1-2-3-11-15(19(17,18)13-9-10-13)14(16)12-7-5-4-6-8-12/h4-8,13H,2-3,9-11H2,1H3. The number of rotatable bonds is 6. The van der Waals surface area contributed by atoms with Crippen molar-refractivity contribution < 1.29 is 13.2 Å². The van der Waals surface area contributed by atoms with Crippen LogP contribution in [0.3, 0.4) is 0 Å². The highest BCUT2D eigenvalue weighted by Gasteiger charge is 2.42. The Labute approximate surface area is 114 Å². The fourth-order valence-electron chi connectivity index (χ4n) is 1.92. The number of sulfonamides is 1. The molecule has 1 aliphatic carbocycles. The zero-order chi connectivity index (χ0) is 13.9. The molecule has 2 rings (SSSR count). The molecule has 0 saturated heterocycles. The molecule has 0 N–H and O–H groups in total. The summed E-state index contributed by atoms with van der Waals surface area (Å²) in [5.41, 5.74) is 0.433. The summed E-state index contributed by atoms with van der Waals surface area (Å²) in [4.78, 5) is 12.4. The van der Waals surface area contributed by atoms with Gasteiger partial charge < -0.3 is 0 Å². The Balaban J connectivity index is 2.25. The van der Waals surface area contributed by atoms with E-state index in [0.29, 0.717) is 24.8 Å². The van der Waals surface area contributed by atoms with Crippen LogP contribution >= 0.6 is 0 Å². The molecule has 1 amide bonds. The predicted molar refractivity (Wildman–Crippen MR) is 74.3 cm³/mol. The van der Waals surface area contributed by atoms with Gasteiger partial charge in [-0.1, -0.05) is 31.5 Å². The molecule has 1 saturated carbocycles. The van der Waals surface area contributed by atoms with Crippen LogP contribution in [0.5, 0.6) is 0 Å². The second kappa shape index (κ2) is 5.74. The van der Waals surface area contributed by atoms with Gasteiger partial charge in [0.05, 0.1) is 5.25 Å². The Morgan fingerprint density at radius 2 is 1.89 bits per heavy atom. The third-order valence-corrected chi connectivity index (χ3v) is 5.49. The molecule has 0 spiro atoms. The van der Waals surface area contributed by atoms with Crippen LogP contribution in [-0.4, -0.2) is 30.4 Å². The van der Waals surface area contributed by atoms with Crippen molar-refractivity contribution in [2.45, 2.75) is 37.9 Å². The van der Waals surface area contributed by atoms with Gasteiger partial charge in [0.2, 0.25) is 10.0 Å². The number of unbranched alkanes of at least 4 members (excludes halogenated alkanes) is 1. The maximum Gasteiger partial charge on any atom is 0.267 e. The number of hydrogen-bond donors (Lipinski definition) is 0. The van der Waals surface area contributed by atoms with Crippen molar-refractivity contribution in [2.75, 3.05) is 6.54 Å². The fraction of sp³-hybridized carbons (Fsp3) is 0.500. The topological polar surface area (TPSA) is 54.5 Å². The number of nitrogens with zero attached hydrogens (tertiary/aromatic N) is 1. The molecule has 1 aromatic carbocycles. The van der Waals surface area contributed by atoms with Gasteiger partial charge in [-0.3, -0.25) is 4.79 Å². The fourth-order valence-corrected chi connectivity index (χ4v) is 3.73. The molecule has 4 nitrogen and oxygen atoms in total. The van der Waals surface area contributed by atoms with Crippen LogP contribution in [0.1, 0.15) is 43.0 Å². The van der Waals surface area contributed by atoms with E-state index >= 15 is 0 Å². The van der Waals surface area contributed by atoms with Gasteiger partial charge in [0, 0.05) is 12.1 Å². The van der Waals surface area contributed by atoms with Crippen molar-refractivity contribution in [2.24, 2.45) is 0 Å². The van der Waals surface area contributed by atoms with E-state index in [1.807, 2.05) is 13.0 Å². The molecular weight excluding hydrogens is 262 g/mol. The normalized spacial score (nSPS) is 15.2. The third-order valence-electron chi connectivity index (χ3n) is 3.21. The predicted octanol–water partition coefficient (Wildman–Crippen LogP) is 2.42. The van der Waals surface area contributed by atoms with Gasteiger partial charge in [0.15, 0.2) is 0 Å². The van der Waals surface area contributed by atoms with Crippen molar-refractivity contribution in [1.82, 2.24) is 4.31 Å². The van der Waals surface area contributed by atoms with E-state index in [0.717, 1.165) is 10.7 Å². The number of carbonyl (C=O) groups is 1. The quantitative estimate of drug-likeness (QED) is 0.804. The van der Waals surface area contributed by atoms with Gasteiger partial charge in [-0.2, -0.15) is 0 Å². The maximum absolute atomic E-state index is 12.4. The first-order chi connectivity index (χ1) is 9.07. The molecule has 1 aliphatic rings. The number of hydrogen-bond acceptors (Lipinski definition) is 3. The summed E-state index contributed by atoms with van der Waals surface area (Å²) in [6, 6.07) is 8.61. The highest BCUT2D eigenvalue weighted by molar-refractivity contribution is 7.90. The van der Waals surface area contributed by atoms with E-state index in [2.05, 4.69) is 0 Å². The first-order valence-corrected chi connectivity index (χ1v) is 8.18. The molecule has 0 aromatic heterocycles. The molecule has 1 aromatic rings. The second-order valence-corrected chi connectivity index (χ2v) is 6.98. The molecule has 104 valence electrons. The molecular formula is C14H19NO3S. The Hall–Kier alpha value is -1.36. The van der Waals surface area contributed by atoms with Gasteiger partial charge in [0.25, 0.3) is 5.91 Å². The van der Waals surface area contributed by atoms with Crippen molar-refractivity contribution in [3.05, 3.63) is 35.9 Å². The Kier molecular flexibility index (Phi) is 4.24. The average Bonchev–Trinajstić information content (AvgIpc) is 3.24. The van der Waals surface area contributed by atoms with Gasteiger partial charge in [-0.15, -0.1) is 0 Å². The van der Waals surface area contributed by atoms with E-state index < -0.39 is 15.9 Å². The smallest absolute Gasteiger partial charge is 0.267 e. The number of amides is 1. The van der Waals surface area contributed by atoms with Gasteiger partial charge in [-0.05, 0) is 31.4 Å². The van der Waals surface area contributed by atoms with Crippen molar-refractivity contribution in [3.8, 4) is 0 Å². The summed E-state index contributed by atoms with van der Waals surface area (Å²) in [5.74, 6) is -0.402. The summed E-state index contributed by atoms with van der Waals surface area (Å²) >= 11 is 0. The Bertz CT molecular complexity index is 535. The first kappa shape index (κ1) is 14.1. The van der Waals surface area contributed by atoms with Gasteiger partial charge >= 0.3 is 0 Å². The van der Waals surface area contributed by atoms with Crippen molar-refractivity contribution in [1.29, 1.82) is 0 Å². The number of carbonyl (C=O) groups excluding carboxylic acids is 1. The largest absolute Gasteiger partial charge is 0.268 e. The minimum atomic E-state index is -3.46. The molecule has 0 aliphatic heterocycles. The van der Waals surface area contributed by atoms with Crippen LogP contribution in [0.4, 0.5) is 0 Å². The molecule has 0 atom stereocenters. The highest BCUT2D eigenvalue weighted by atomic mass is 32.2. The monoisotopic (exact) mass is 281 g/mol. The Morgan fingerprint density at radius 3 is 2.42 bits per heavy atom. The highest BCUT2D eigenvalue weighted by Crippen LogP contribution is 2.31. The van der Waals surface area contributed by atoms with Crippen LogP contribution in [0.15, 0.2) is 30.3 Å². The van der Waals surface area contributed by atoms with Crippen LogP contribution in [0, 0.1) is 0 Å². The molecule has 0 bridgehead atoms. The van der Waals surface area contributed by atoms with E-state index in [9.17, 15) is 13.2 Å². The van der Waals surface area contributed by atoms with Crippen LogP contribution in [-0.2, 0) is 10.0 Å². The van der Waals surface area contributed by atoms with Crippen LogP contribution in [0.2, 0.25) is 0 Å². The lowest BCUT2D eigenvalue weighted by Gasteiger charge is -2.22. The van der Waals surface area contributed by atoms with Gasteiger partial charge in [0.1, 0.15) is 0 Å². The van der Waals surface area contributed by atoms with Gasteiger partial charge in [-0.25, -0.2) is 12.7 Å². The van der Waals surface area contributed by atoms with Crippen LogP contribution in [0.25, 0.3) is 0 Å². The Morgan fingerprint density at radius 1 is 1.26 bits per heavy atom. The minimum absolute atomic E-state index is 0.281. The SMILES string of the molecule is CCCCN(C(=O)c1ccccc1)S(=O)(=O)C1CC1. The summed E-state index contributed by atoms with van der Waals surface area (Å²) in [6.45, 7) is 2.26. The van der Waals surface area contributed by atoms with E-state index in [1.54, 1.807) is 24.3 Å². The zero-order valence-electron chi connectivity index (χ0n) is 11.1. The van der Waals surface area contributed by atoms with Crippen LogP contribution < -0.4 is 0 Å². The zero-order valence-corrected chi connectivity index (χ0v) is 11.9. The summed E-state index contributed by atoms with van der Waals surface area (Å²) < 4.78 is 25.7. The third kappa shape index (κ3) is 3.15. The van der Waals surface area contributed by atoms with Crippen molar-refractivity contribution in [3.63, 3.8) is 0 Å². The first-order valence-electron chi connectivity index (χ1n) is 6.68. The molecule has 1 fully saturated rings. The molecule has 0 unspecified atom stereocenters. The lowest BCUT2D eigenvalue weighted by molar-refractivity contribution is 0.0860. The van der Waals surface area contributed by atoms with E-state index in [-0.39, 0.29) is 11.8 Å². The van der Waals surface area contributed by atoms with E-state index in [4.69, 9.17) is 0 Å². The minimum Gasteiger partial charge on any atom is -0.268 e. The van der Waals surface area contributed by atoms with Crippen molar-refractivity contribution >= 4 is 15.9 Å². The number of benzene rings is 1. The second-order valence-electron chi connectivity index (χ2n) is 4.84. The summed E-state index contributed by atoms with van der Waals surface area (Å²) in [5, 5.41) is -0.350. The summed E-state index contributed by atoms with van der Waals surface area (Å²) in [7, 11) is -3.46. The maximum atomic E-state index is 12.4. The average molecular weight is 281 g/mol. The molecule has 19 heavy (non-hydrogen) atoms. The molecule has 0 heterocycles. The molecule has 0 radical (unpaired) electrons. The molecule has 5 heteroatoms. The summed E-state index contributed by atoms with van der Waals surface area (Å²) in [6.07, 6.45) is 2.91.